The summed E-state index contributed by atoms with van der Waals surface area (Å²) in [6, 6.07) is 14.7. The quantitative estimate of drug-likeness (QED) is 0.698. The minimum Gasteiger partial charge on any atom is -0.355 e. The summed E-state index contributed by atoms with van der Waals surface area (Å²) in [6.45, 7) is 8.20. The van der Waals surface area contributed by atoms with Crippen molar-refractivity contribution in [2.75, 3.05) is 13.1 Å². The van der Waals surface area contributed by atoms with Gasteiger partial charge in [-0.15, -0.1) is 0 Å². The first-order valence-electron chi connectivity index (χ1n) is 10.7. The normalized spacial score (nSPS) is 15.9. The van der Waals surface area contributed by atoms with E-state index >= 15 is 0 Å². The number of benzene rings is 2. The SMILES string of the molecule is Cc1cccc(CNC(=O)c2noc3c2CCc2cc(CN4CC(C)C4)ccc2-3)c1. The van der Waals surface area contributed by atoms with E-state index in [-0.39, 0.29) is 5.91 Å². The summed E-state index contributed by atoms with van der Waals surface area (Å²) >= 11 is 0. The lowest BCUT2D eigenvalue weighted by Gasteiger charge is -2.37. The summed E-state index contributed by atoms with van der Waals surface area (Å²) < 4.78 is 5.65. The van der Waals surface area contributed by atoms with Crippen LogP contribution in [0, 0.1) is 12.8 Å². The molecule has 3 aromatic rings. The van der Waals surface area contributed by atoms with Gasteiger partial charge in [-0.25, -0.2) is 0 Å². The van der Waals surface area contributed by atoms with Crippen LogP contribution in [-0.4, -0.2) is 29.1 Å². The largest absolute Gasteiger partial charge is 0.355 e. The highest BCUT2D eigenvalue weighted by molar-refractivity contribution is 5.95. The van der Waals surface area contributed by atoms with Gasteiger partial charge >= 0.3 is 0 Å². The molecule has 0 unspecified atom stereocenters. The zero-order chi connectivity index (χ0) is 20.7. The molecule has 1 amide bonds. The summed E-state index contributed by atoms with van der Waals surface area (Å²) in [6.07, 6.45) is 1.69. The molecular weight excluding hydrogens is 374 g/mol. The van der Waals surface area contributed by atoms with Gasteiger partial charge in [-0.2, -0.15) is 0 Å². The van der Waals surface area contributed by atoms with Crippen LogP contribution in [0.2, 0.25) is 0 Å². The molecular formula is C25H27N3O2. The van der Waals surface area contributed by atoms with Gasteiger partial charge in [-0.3, -0.25) is 9.69 Å². The zero-order valence-electron chi connectivity index (χ0n) is 17.6. The first-order valence-corrected chi connectivity index (χ1v) is 10.7. The summed E-state index contributed by atoms with van der Waals surface area (Å²) in [5.41, 5.74) is 7.31. The number of likely N-dealkylation sites (tertiary alicyclic amines) is 1. The number of nitrogens with one attached hydrogen (secondary N) is 1. The van der Waals surface area contributed by atoms with Crippen molar-refractivity contribution in [3.8, 4) is 11.3 Å². The van der Waals surface area contributed by atoms with Crippen LogP contribution in [-0.2, 0) is 25.9 Å². The smallest absolute Gasteiger partial charge is 0.274 e. The molecule has 1 aliphatic carbocycles. The molecule has 5 heteroatoms. The number of carbonyl (C=O) groups is 1. The van der Waals surface area contributed by atoms with Gasteiger partial charge in [0.2, 0.25) is 0 Å². The van der Waals surface area contributed by atoms with Crippen molar-refractivity contribution >= 4 is 5.91 Å². The average Bonchev–Trinajstić information content (AvgIpc) is 3.15. The zero-order valence-corrected chi connectivity index (χ0v) is 17.6. The number of rotatable bonds is 5. The maximum atomic E-state index is 12.8. The Morgan fingerprint density at radius 2 is 2.03 bits per heavy atom. The minimum atomic E-state index is -0.173. The first kappa shape index (κ1) is 19.1. The van der Waals surface area contributed by atoms with Gasteiger partial charge in [0.05, 0.1) is 0 Å². The monoisotopic (exact) mass is 401 g/mol. The summed E-state index contributed by atoms with van der Waals surface area (Å²) in [5.74, 6) is 1.39. The molecule has 5 nitrogen and oxygen atoms in total. The lowest BCUT2D eigenvalue weighted by Crippen LogP contribution is -2.44. The van der Waals surface area contributed by atoms with E-state index in [0.717, 1.165) is 47.8 Å². The Kier molecular flexibility index (Phi) is 4.91. The molecule has 0 radical (unpaired) electrons. The number of amides is 1. The molecule has 1 N–H and O–H groups in total. The van der Waals surface area contributed by atoms with E-state index in [4.69, 9.17) is 4.52 Å². The van der Waals surface area contributed by atoms with E-state index in [1.54, 1.807) is 0 Å². The van der Waals surface area contributed by atoms with Crippen molar-refractivity contribution in [1.82, 2.24) is 15.4 Å². The Hall–Kier alpha value is -2.92. The van der Waals surface area contributed by atoms with Crippen LogP contribution in [0.4, 0.5) is 0 Å². The number of hydrogen-bond acceptors (Lipinski definition) is 4. The number of aryl methyl sites for hydroxylation is 2. The molecule has 2 aliphatic rings. The fourth-order valence-corrected chi connectivity index (χ4v) is 4.67. The van der Waals surface area contributed by atoms with Gasteiger partial charge in [0, 0.05) is 37.3 Å². The second-order valence-corrected chi connectivity index (χ2v) is 8.80. The molecule has 0 saturated carbocycles. The van der Waals surface area contributed by atoms with Crippen molar-refractivity contribution in [2.45, 2.75) is 39.8 Å². The van der Waals surface area contributed by atoms with E-state index in [0.29, 0.717) is 12.2 Å². The first-order chi connectivity index (χ1) is 14.6. The number of aromatic nitrogens is 1. The Labute approximate surface area is 177 Å². The van der Waals surface area contributed by atoms with Gasteiger partial charge in [-0.05, 0) is 42.4 Å². The van der Waals surface area contributed by atoms with Crippen molar-refractivity contribution in [3.63, 3.8) is 0 Å². The Bertz CT molecular complexity index is 1100. The minimum absolute atomic E-state index is 0.173. The van der Waals surface area contributed by atoms with Crippen LogP contribution in [0.1, 0.15) is 45.2 Å². The molecule has 1 fully saturated rings. The highest BCUT2D eigenvalue weighted by atomic mass is 16.5. The molecule has 1 aliphatic heterocycles. The second-order valence-electron chi connectivity index (χ2n) is 8.80. The molecule has 0 spiro atoms. The lowest BCUT2D eigenvalue weighted by molar-refractivity contribution is 0.0941. The average molecular weight is 402 g/mol. The summed E-state index contributed by atoms with van der Waals surface area (Å²) in [7, 11) is 0. The molecule has 0 atom stereocenters. The third-order valence-corrected chi connectivity index (χ3v) is 6.14. The van der Waals surface area contributed by atoms with Crippen LogP contribution in [0.5, 0.6) is 0 Å². The number of fused-ring (bicyclic) bond motifs is 3. The van der Waals surface area contributed by atoms with Crippen LogP contribution in [0.3, 0.4) is 0 Å². The topological polar surface area (TPSA) is 58.4 Å². The maximum absolute atomic E-state index is 12.8. The van der Waals surface area contributed by atoms with E-state index in [9.17, 15) is 4.79 Å². The second kappa shape index (κ2) is 7.73. The maximum Gasteiger partial charge on any atom is 0.274 e. The van der Waals surface area contributed by atoms with Crippen LogP contribution < -0.4 is 5.32 Å². The fourth-order valence-electron chi connectivity index (χ4n) is 4.67. The van der Waals surface area contributed by atoms with Crippen molar-refractivity contribution in [2.24, 2.45) is 5.92 Å². The number of hydrogen-bond donors (Lipinski definition) is 1. The number of carbonyl (C=O) groups excluding carboxylic acids is 1. The van der Waals surface area contributed by atoms with Crippen molar-refractivity contribution in [3.05, 3.63) is 76.0 Å². The van der Waals surface area contributed by atoms with Gasteiger partial charge in [-0.1, -0.05) is 60.1 Å². The Morgan fingerprint density at radius 3 is 2.83 bits per heavy atom. The molecule has 2 heterocycles. The van der Waals surface area contributed by atoms with E-state index in [2.05, 4.69) is 46.6 Å². The van der Waals surface area contributed by atoms with E-state index in [1.807, 2.05) is 25.1 Å². The third kappa shape index (κ3) is 3.65. The van der Waals surface area contributed by atoms with E-state index < -0.39 is 0 Å². The van der Waals surface area contributed by atoms with Crippen LogP contribution in [0.25, 0.3) is 11.3 Å². The van der Waals surface area contributed by atoms with Gasteiger partial charge in [0.1, 0.15) is 0 Å². The van der Waals surface area contributed by atoms with Gasteiger partial charge in [0.25, 0.3) is 5.91 Å². The standard InChI is InChI=1S/C25H27N3O2/c1-16-4-3-5-18(10-16)12-26-25(29)23-22-9-7-20-11-19(15-28-13-17(2)14-28)6-8-21(20)24(22)30-27-23/h3-6,8,10-11,17H,7,9,12-15H2,1-2H3,(H,26,29). The summed E-state index contributed by atoms with van der Waals surface area (Å²) in [4.78, 5) is 15.2. The molecule has 154 valence electrons. The lowest BCUT2D eigenvalue weighted by atomic mass is 9.88. The molecule has 2 aromatic carbocycles. The Balaban J connectivity index is 1.31. The van der Waals surface area contributed by atoms with Gasteiger partial charge < -0.3 is 9.84 Å². The predicted molar refractivity (Wildman–Crippen MR) is 116 cm³/mol. The van der Waals surface area contributed by atoms with Crippen LogP contribution in [0.15, 0.2) is 47.0 Å². The molecule has 1 aromatic heterocycles. The van der Waals surface area contributed by atoms with E-state index in [1.165, 1.54) is 29.8 Å². The fraction of sp³-hybridized carbons (Fsp3) is 0.360. The van der Waals surface area contributed by atoms with Gasteiger partial charge in [0.15, 0.2) is 11.5 Å². The predicted octanol–water partition coefficient (Wildman–Crippen LogP) is 4.13. The van der Waals surface area contributed by atoms with Crippen LogP contribution >= 0.6 is 0 Å². The Morgan fingerprint density at radius 1 is 1.17 bits per heavy atom. The third-order valence-electron chi connectivity index (χ3n) is 6.14. The molecule has 1 saturated heterocycles. The molecule has 30 heavy (non-hydrogen) atoms. The van der Waals surface area contributed by atoms with Crippen molar-refractivity contribution < 1.29 is 9.32 Å². The number of nitrogens with zero attached hydrogens (tertiary/aromatic N) is 2. The highest BCUT2D eigenvalue weighted by Crippen LogP contribution is 2.36. The molecule has 5 rings (SSSR count). The molecule has 0 bridgehead atoms. The summed E-state index contributed by atoms with van der Waals surface area (Å²) in [5, 5.41) is 7.12. The highest BCUT2D eigenvalue weighted by Gasteiger charge is 2.28. The van der Waals surface area contributed by atoms with Crippen molar-refractivity contribution in [1.29, 1.82) is 0 Å².